The lowest BCUT2D eigenvalue weighted by atomic mass is 9.86. The van der Waals surface area contributed by atoms with E-state index in [2.05, 4.69) is 5.32 Å². The summed E-state index contributed by atoms with van der Waals surface area (Å²) in [5.74, 6) is -0.352. The highest BCUT2D eigenvalue weighted by Gasteiger charge is 2.42. The van der Waals surface area contributed by atoms with E-state index in [9.17, 15) is 9.59 Å². The van der Waals surface area contributed by atoms with Gasteiger partial charge in [0.2, 0.25) is 5.91 Å². The van der Waals surface area contributed by atoms with Crippen molar-refractivity contribution in [2.75, 3.05) is 5.32 Å². The standard InChI is InChI=1S/C17H26N2O3S/c1-9(2)7-11(20)19-15-12(14(18)21)10-8-16(3,4)22-17(5,6)13(10)23-15/h9H,7-8H2,1-6H3,(H2,18,21)(H,19,20). The molecule has 0 atom stereocenters. The van der Waals surface area contributed by atoms with E-state index in [1.54, 1.807) is 0 Å². The van der Waals surface area contributed by atoms with Gasteiger partial charge in [-0.15, -0.1) is 11.3 Å². The predicted octanol–water partition coefficient (Wildman–Crippen LogP) is 3.42. The molecule has 0 aromatic carbocycles. The fourth-order valence-corrected chi connectivity index (χ4v) is 4.50. The number of anilines is 1. The minimum Gasteiger partial charge on any atom is -0.365 e. The van der Waals surface area contributed by atoms with Gasteiger partial charge in [0.25, 0.3) is 5.91 Å². The maximum absolute atomic E-state index is 12.1. The van der Waals surface area contributed by atoms with Crippen LogP contribution in [0.1, 0.15) is 68.8 Å². The number of primary amides is 1. The molecular weight excluding hydrogens is 312 g/mol. The summed E-state index contributed by atoms with van der Waals surface area (Å²) in [7, 11) is 0. The Labute approximate surface area is 141 Å². The molecule has 5 nitrogen and oxygen atoms in total. The molecule has 2 heterocycles. The van der Waals surface area contributed by atoms with E-state index in [0.29, 0.717) is 23.4 Å². The summed E-state index contributed by atoms with van der Waals surface area (Å²) in [5, 5.41) is 3.41. The lowest BCUT2D eigenvalue weighted by Crippen LogP contribution is -2.42. The molecule has 0 spiro atoms. The van der Waals surface area contributed by atoms with Gasteiger partial charge in [0.15, 0.2) is 0 Å². The number of thiophene rings is 1. The van der Waals surface area contributed by atoms with Crippen LogP contribution in [0.3, 0.4) is 0 Å². The van der Waals surface area contributed by atoms with Gasteiger partial charge in [0.1, 0.15) is 5.00 Å². The molecule has 6 heteroatoms. The van der Waals surface area contributed by atoms with E-state index in [1.807, 2.05) is 41.5 Å². The summed E-state index contributed by atoms with van der Waals surface area (Å²) in [6, 6.07) is 0. The highest BCUT2D eigenvalue weighted by molar-refractivity contribution is 7.17. The third-order valence-corrected chi connectivity index (χ3v) is 5.23. The first kappa shape index (κ1) is 17.9. The summed E-state index contributed by atoms with van der Waals surface area (Å²) in [6.07, 6.45) is 1.01. The van der Waals surface area contributed by atoms with Crippen LogP contribution in [0.25, 0.3) is 0 Å². The van der Waals surface area contributed by atoms with E-state index >= 15 is 0 Å². The molecule has 1 aromatic rings. The highest BCUT2D eigenvalue weighted by Crippen LogP contribution is 2.48. The number of nitrogens with two attached hydrogens (primary N) is 1. The molecule has 1 aliphatic rings. The zero-order valence-electron chi connectivity index (χ0n) is 14.7. The molecule has 3 N–H and O–H groups in total. The molecule has 2 amide bonds. The average Bonchev–Trinajstić information content (AvgIpc) is 2.63. The van der Waals surface area contributed by atoms with Crippen molar-refractivity contribution >= 4 is 28.2 Å². The third-order valence-electron chi connectivity index (χ3n) is 3.78. The monoisotopic (exact) mass is 338 g/mol. The van der Waals surface area contributed by atoms with Gasteiger partial charge in [-0.2, -0.15) is 0 Å². The summed E-state index contributed by atoms with van der Waals surface area (Å²) < 4.78 is 6.15. The molecule has 0 aliphatic carbocycles. The third kappa shape index (κ3) is 3.75. The summed E-state index contributed by atoms with van der Waals surface area (Å²) in [5.41, 5.74) is 6.05. The van der Waals surface area contributed by atoms with Crippen LogP contribution in [-0.4, -0.2) is 17.4 Å². The molecule has 2 rings (SSSR count). The number of carbonyl (C=O) groups excluding carboxylic acids is 2. The van der Waals surface area contributed by atoms with E-state index in [-0.39, 0.29) is 17.4 Å². The van der Waals surface area contributed by atoms with Crippen molar-refractivity contribution in [3.05, 3.63) is 16.0 Å². The van der Waals surface area contributed by atoms with Crippen molar-refractivity contribution in [3.63, 3.8) is 0 Å². The Kier molecular flexibility index (Phi) is 4.61. The number of hydrogen-bond acceptors (Lipinski definition) is 4. The molecule has 0 fully saturated rings. The Hall–Kier alpha value is -1.40. The van der Waals surface area contributed by atoms with Crippen LogP contribution < -0.4 is 11.1 Å². The second kappa shape index (κ2) is 5.91. The zero-order chi connectivity index (χ0) is 17.6. The van der Waals surface area contributed by atoms with Gasteiger partial charge in [-0.3, -0.25) is 9.59 Å². The second-order valence-corrected chi connectivity index (χ2v) is 8.69. The van der Waals surface area contributed by atoms with Gasteiger partial charge in [0.05, 0.1) is 16.8 Å². The second-order valence-electron chi connectivity index (χ2n) is 7.67. The molecule has 1 aliphatic heterocycles. The Morgan fingerprint density at radius 2 is 1.91 bits per heavy atom. The first-order valence-corrected chi connectivity index (χ1v) is 8.70. The zero-order valence-corrected chi connectivity index (χ0v) is 15.5. The van der Waals surface area contributed by atoms with Gasteiger partial charge in [0, 0.05) is 17.7 Å². The highest BCUT2D eigenvalue weighted by atomic mass is 32.1. The first-order valence-electron chi connectivity index (χ1n) is 7.89. The van der Waals surface area contributed by atoms with Crippen molar-refractivity contribution in [2.45, 2.75) is 65.6 Å². The number of rotatable bonds is 4. The quantitative estimate of drug-likeness (QED) is 0.882. The van der Waals surface area contributed by atoms with Gasteiger partial charge in [-0.05, 0) is 39.2 Å². The predicted molar refractivity (Wildman–Crippen MR) is 92.8 cm³/mol. The first-order chi connectivity index (χ1) is 10.4. The van der Waals surface area contributed by atoms with Crippen LogP contribution in [0.4, 0.5) is 5.00 Å². The van der Waals surface area contributed by atoms with Gasteiger partial charge >= 0.3 is 0 Å². The number of carbonyl (C=O) groups is 2. The molecule has 0 saturated heterocycles. The van der Waals surface area contributed by atoms with Crippen molar-refractivity contribution in [1.82, 2.24) is 0 Å². The minimum atomic E-state index is -0.521. The largest absolute Gasteiger partial charge is 0.365 e. The number of amides is 2. The smallest absolute Gasteiger partial charge is 0.251 e. The molecule has 23 heavy (non-hydrogen) atoms. The van der Waals surface area contributed by atoms with Crippen LogP contribution in [0.2, 0.25) is 0 Å². The Balaban J connectivity index is 2.48. The Bertz CT molecular complexity index is 645. The lowest BCUT2D eigenvalue weighted by Gasteiger charge is -2.41. The fourth-order valence-electron chi connectivity index (χ4n) is 3.22. The maximum atomic E-state index is 12.1. The van der Waals surface area contributed by atoms with Gasteiger partial charge in [-0.1, -0.05) is 13.8 Å². The summed E-state index contributed by atoms with van der Waals surface area (Å²) in [4.78, 5) is 25.1. The topological polar surface area (TPSA) is 81.4 Å². The summed E-state index contributed by atoms with van der Waals surface area (Å²) in [6.45, 7) is 11.9. The van der Waals surface area contributed by atoms with Crippen LogP contribution in [0.15, 0.2) is 0 Å². The molecule has 0 unspecified atom stereocenters. The number of fused-ring (bicyclic) bond motifs is 1. The molecule has 0 radical (unpaired) electrons. The molecule has 0 saturated carbocycles. The van der Waals surface area contributed by atoms with E-state index < -0.39 is 11.5 Å². The number of hydrogen-bond donors (Lipinski definition) is 2. The van der Waals surface area contributed by atoms with E-state index in [1.165, 1.54) is 11.3 Å². The molecule has 128 valence electrons. The molecular formula is C17H26N2O3S. The van der Waals surface area contributed by atoms with Crippen LogP contribution in [0, 0.1) is 5.92 Å². The number of nitrogens with one attached hydrogen (secondary N) is 1. The average molecular weight is 338 g/mol. The van der Waals surface area contributed by atoms with Gasteiger partial charge in [-0.25, -0.2) is 0 Å². The fraction of sp³-hybridized carbons (Fsp3) is 0.647. The Morgan fingerprint density at radius 1 is 1.30 bits per heavy atom. The summed E-state index contributed by atoms with van der Waals surface area (Å²) >= 11 is 1.40. The SMILES string of the molecule is CC(C)CC(=O)Nc1sc2c(c1C(N)=O)CC(C)(C)OC2(C)C. The normalized spacial score (nSPS) is 18.6. The van der Waals surface area contributed by atoms with Crippen LogP contribution >= 0.6 is 11.3 Å². The van der Waals surface area contributed by atoms with Crippen molar-refractivity contribution in [1.29, 1.82) is 0 Å². The lowest BCUT2D eigenvalue weighted by molar-refractivity contribution is -0.135. The van der Waals surface area contributed by atoms with E-state index in [0.717, 1.165) is 10.4 Å². The number of ether oxygens (including phenoxy) is 1. The van der Waals surface area contributed by atoms with E-state index in [4.69, 9.17) is 10.5 Å². The van der Waals surface area contributed by atoms with Crippen molar-refractivity contribution in [3.8, 4) is 0 Å². The van der Waals surface area contributed by atoms with Crippen molar-refractivity contribution < 1.29 is 14.3 Å². The van der Waals surface area contributed by atoms with Crippen LogP contribution in [-0.2, 0) is 21.6 Å². The van der Waals surface area contributed by atoms with Crippen molar-refractivity contribution in [2.24, 2.45) is 11.7 Å². The maximum Gasteiger partial charge on any atom is 0.251 e. The molecule has 1 aromatic heterocycles. The minimum absolute atomic E-state index is 0.0981. The molecule has 0 bridgehead atoms. The van der Waals surface area contributed by atoms with Crippen LogP contribution in [0.5, 0.6) is 0 Å². The van der Waals surface area contributed by atoms with Gasteiger partial charge < -0.3 is 15.8 Å². The Morgan fingerprint density at radius 3 is 2.43 bits per heavy atom.